The van der Waals surface area contributed by atoms with Crippen LogP contribution in [0.5, 0.6) is 0 Å². The van der Waals surface area contributed by atoms with Crippen molar-refractivity contribution in [3.63, 3.8) is 0 Å². The van der Waals surface area contributed by atoms with Gasteiger partial charge in [-0.3, -0.25) is 4.79 Å². The topological polar surface area (TPSA) is 65.5 Å². The Balaban J connectivity index is 0.00000392. The summed E-state index contributed by atoms with van der Waals surface area (Å²) in [5.41, 5.74) is 3.19. The summed E-state index contributed by atoms with van der Waals surface area (Å²) >= 11 is 0. The molecule has 0 heterocycles. The molecule has 2 aromatic carbocycles. The van der Waals surface area contributed by atoms with Crippen LogP contribution in [0.2, 0.25) is 0 Å². The minimum atomic E-state index is -0.202. The lowest BCUT2D eigenvalue weighted by Crippen LogP contribution is -2.36. The van der Waals surface area contributed by atoms with Gasteiger partial charge in [-0.15, -0.1) is 24.0 Å². The number of benzene rings is 2. The molecule has 0 aromatic heterocycles. The molecule has 0 saturated carbocycles. The normalized spacial score (nSPS) is 10.8. The zero-order chi connectivity index (χ0) is 19.6. The van der Waals surface area contributed by atoms with Gasteiger partial charge >= 0.3 is 0 Å². The van der Waals surface area contributed by atoms with E-state index in [2.05, 4.69) is 20.9 Å². The van der Waals surface area contributed by atoms with Crippen LogP contribution in [0.25, 0.3) is 0 Å². The molecular formula is C21H28FIN4O. The maximum Gasteiger partial charge on any atom is 0.251 e. The molecule has 0 saturated heterocycles. The van der Waals surface area contributed by atoms with E-state index in [1.165, 1.54) is 6.07 Å². The molecule has 152 valence electrons. The molecule has 0 aliphatic rings. The number of halogens is 2. The second kappa shape index (κ2) is 12.3. The Bertz CT molecular complexity index is 811. The van der Waals surface area contributed by atoms with Gasteiger partial charge in [-0.2, -0.15) is 0 Å². The van der Waals surface area contributed by atoms with Crippen LogP contribution in [0.4, 0.5) is 4.39 Å². The van der Waals surface area contributed by atoms with Crippen LogP contribution >= 0.6 is 24.0 Å². The van der Waals surface area contributed by atoms with Crippen molar-refractivity contribution in [1.29, 1.82) is 0 Å². The van der Waals surface area contributed by atoms with E-state index in [9.17, 15) is 9.18 Å². The Kier molecular flexibility index (Phi) is 10.5. The molecule has 0 fully saturated rings. The lowest BCUT2D eigenvalue weighted by atomic mass is 10.1. The highest BCUT2D eigenvalue weighted by atomic mass is 127. The number of amides is 1. The van der Waals surface area contributed by atoms with E-state index in [0.717, 1.165) is 17.7 Å². The minimum Gasteiger partial charge on any atom is -0.357 e. The van der Waals surface area contributed by atoms with Crippen molar-refractivity contribution in [1.82, 2.24) is 16.0 Å². The van der Waals surface area contributed by atoms with Crippen molar-refractivity contribution in [2.45, 2.75) is 33.9 Å². The summed E-state index contributed by atoms with van der Waals surface area (Å²) in [6.45, 7) is 7.96. The highest BCUT2D eigenvalue weighted by molar-refractivity contribution is 14.0. The molecular weight excluding hydrogens is 470 g/mol. The van der Waals surface area contributed by atoms with Gasteiger partial charge in [0, 0.05) is 25.2 Å². The Morgan fingerprint density at radius 2 is 1.75 bits per heavy atom. The summed E-state index contributed by atoms with van der Waals surface area (Å²) in [6, 6.07) is 12.5. The molecule has 5 nitrogen and oxygen atoms in total. The second-order valence-corrected chi connectivity index (χ2v) is 6.19. The smallest absolute Gasteiger partial charge is 0.251 e. The Morgan fingerprint density at radius 3 is 2.43 bits per heavy atom. The zero-order valence-corrected chi connectivity index (χ0v) is 18.8. The molecule has 7 heteroatoms. The van der Waals surface area contributed by atoms with E-state index in [4.69, 9.17) is 0 Å². The van der Waals surface area contributed by atoms with E-state index in [1.807, 2.05) is 38.1 Å². The highest BCUT2D eigenvalue weighted by Gasteiger charge is 2.05. The molecule has 0 radical (unpaired) electrons. The third kappa shape index (κ3) is 7.46. The molecule has 0 atom stereocenters. The summed E-state index contributed by atoms with van der Waals surface area (Å²) in [7, 11) is 0. The third-order valence-electron chi connectivity index (χ3n) is 3.97. The molecule has 0 bridgehead atoms. The quantitative estimate of drug-likeness (QED) is 0.310. The standard InChI is InChI=1S/C21H27FN4O.HI/c1-4-23-20(27)18-8-6-7-16(12-18)13-25-21(24-5-2)26-14-17-9-10-19(22)15(3)11-17;/h6-12H,4-5,13-14H2,1-3H3,(H,23,27)(H2,24,25,26);1H. The lowest BCUT2D eigenvalue weighted by molar-refractivity contribution is 0.0955. The number of aliphatic imine (C=N–C) groups is 1. The largest absolute Gasteiger partial charge is 0.357 e. The highest BCUT2D eigenvalue weighted by Crippen LogP contribution is 2.09. The first kappa shape index (κ1) is 23.9. The van der Waals surface area contributed by atoms with Crippen molar-refractivity contribution in [2.24, 2.45) is 4.99 Å². The number of hydrogen-bond acceptors (Lipinski definition) is 2. The Labute approximate surface area is 183 Å². The molecule has 0 unspecified atom stereocenters. The first-order chi connectivity index (χ1) is 13.0. The average molecular weight is 498 g/mol. The molecule has 1 amide bonds. The van der Waals surface area contributed by atoms with Crippen LogP contribution in [0, 0.1) is 12.7 Å². The number of carbonyl (C=O) groups is 1. The summed E-state index contributed by atoms with van der Waals surface area (Å²) in [6.07, 6.45) is 0. The van der Waals surface area contributed by atoms with Crippen LogP contribution in [0.15, 0.2) is 47.5 Å². The number of aryl methyl sites for hydroxylation is 1. The Morgan fingerprint density at radius 1 is 1.00 bits per heavy atom. The van der Waals surface area contributed by atoms with Crippen molar-refractivity contribution >= 4 is 35.8 Å². The van der Waals surface area contributed by atoms with Crippen LogP contribution < -0.4 is 16.0 Å². The summed E-state index contributed by atoms with van der Waals surface area (Å²) in [5.74, 6) is 0.384. The van der Waals surface area contributed by atoms with Gasteiger partial charge < -0.3 is 16.0 Å². The maximum atomic E-state index is 13.4. The van der Waals surface area contributed by atoms with Crippen LogP contribution in [0.1, 0.15) is 40.9 Å². The number of hydrogen-bond donors (Lipinski definition) is 3. The fourth-order valence-corrected chi connectivity index (χ4v) is 2.59. The van der Waals surface area contributed by atoms with Crippen molar-refractivity contribution in [2.75, 3.05) is 13.1 Å². The van der Waals surface area contributed by atoms with Gasteiger partial charge in [0.05, 0.1) is 6.54 Å². The molecule has 28 heavy (non-hydrogen) atoms. The van der Waals surface area contributed by atoms with E-state index in [1.54, 1.807) is 19.1 Å². The number of nitrogens with one attached hydrogen (secondary N) is 3. The maximum absolute atomic E-state index is 13.4. The van der Waals surface area contributed by atoms with Gasteiger partial charge in [0.2, 0.25) is 0 Å². The van der Waals surface area contributed by atoms with E-state index in [0.29, 0.717) is 36.7 Å². The number of nitrogens with zero attached hydrogens (tertiary/aromatic N) is 1. The first-order valence-electron chi connectivity index (χ1n) is 9.17. The van der Waals surface area contributed by atoms with Gasteiger partial charge in [0.15, 0.2) is 5.96 Å². The summed E-state index contributed by atoms with van der Waals surface area (Å²) < 4.78 is 13.4. The number of carbonyl (C=O) groups excluding carboxylic acids is 1. The number of rotatable bonds is 7. The second-order valence-electron chi connectivity index (χ2n) is 6.19. The van der Waals surface area contributed by atoms with Crippen LogP contribution in [-0.4, -0.2) is 25.0 Å². The van der Waals surface area contributed by atoms with E-state index < -0.39 is 0 Å². The Hall–Kier alpha value is -2.16. The third-order valence-corrected chi connectivity index (χ3v) is 3.97. The molecule has 2 rings (SSSR count). The predicted molar refractivity (Wildman–Crippen MR) is 123 cm³/mol. The molecule has 0 aliphatic carbocycles. The first-order valence-corrected chi connectivity index (χ1v) is 9.17. The molecule has 0 aliphatic heterocycles. The van der Waals surface area contributed by atoms with E-state index >= 15 is 0 Å². The molecule has 2 aromatic rings. The predicted octanol–water partition coefficient (Wildman–Crippen LogP) is 3.76. The van der Waals surface area contributed by atoms with Crippen LogP contribution in [-0.2, 0) is 13.1 Å². The fourth-order valence-electron chi connectivity index (χ4n) is 2.59. The van der Waals surface area contributed by atoms with Gasteiger partial charge in [0.25, 0.3) is 5.91 Å². The summed E-state index contributed by atoms with van der Waals surface area (Å²) in [5, 5.41) is 9.24. The molecule has 0 spiro atoms. The van der Waals surface area contributed by atoms with Gasteiger partial charge in [-0.05, 0) is 55.7 Å². The SMILES string of the molecule is CCNC(=O)c1cccc(CN=C(NCC)NCc2ccc(F)c(C)c2)c1.I. The number of guanidine groups is 1. The van der Waals surface area contributed by atoms with Gasteiger partial charge in [-0.25, -0.2) is 9.38 Å². The van der Waals surface area contributed by atoms with Crippen molar-refractivity contribution in [3.05, 3.63) is 70.5 Å². The summed E-state index contributed by atoms with van der Waals surface area (Å²) in [4.78, 5) is 16.5. The minimum absolute atomic E-state index is 0. The van der Waals surface area contributed by atoms with E-state index in [-0.39, 0.29) is 35.7 Å². The fraction of sp³-hybridized carbons (Fsp3) is 0.333. The average Bonchev–Trinajstić information content (AvgIpc) is 2.67. The molecule has 3 N–H and O–H groups in total. The van der Waals surface area contributed by atoms with Crippen LogP contribution in [0.3, 0.4) is 0 Å². The van der Waals surface area contributed by atoms with Gasteiger partial charge in [0.1, 0.15) is 5.82 Å². The lowest BCUT2D eigenvalue weighted by Gasteiger charge is -2.12. The zero-order valence-electron chi connectivity index (χ0n) is 16.5. The monoisotopic (exact) mass is 498 g/mol. The van der Waals surface area contributed by atoms with Crippen molar-refractivity contribution < 1.29 is 9.18 Å². The van der Waals surface area contributed by atoms with Crippen molar-refractivity contribution in [3.8, 4) is 0 Å². The van der Waals surface area contributed by atoms with Gasteiger partial charge in [-0.1, -0.05) is 24.3 Å².